The summed E-state index contributed by atoms with van der Waals surface area (Å²) >= 11 is 0. The van der Waals surface area contributed by atoms with Gasteiger partial charge in [-0.05, 0) is 31.6 Å². The quantitative estimate of drug-likeness (QED) is 0.0222. The second-order valence-electron chi connectivity index (χ2n) is 31.8. The lowest BCUT2D eigenvalue weighted by atomic mass is 10.0. The summed E-state index contributed by atoms with van der Waals surface area (Å²) in [6.07, 6.45) is 73.6. The van der Waals surface area contributed by atoms with Crippen LogP contribution in [0.3, 0.4) is 0 Å². The van der Waals surface area contributed by atoms with Gasteiger partial charge in [0.25, 0.3) is 0 Å². The predicted molar refractivity (Wildman–Crippen MR) is 437 cm³/mol. The zero-order valence-electron chi connectivity index (χ0n) is 69.6. The van der Waals surface area contributed by atoms with Crippen LogP contribution in [0, 0.1) is 5.92 Å². The van der Waals surface area contributed by atoms with Gasteiger partial charge in [-0.2, -0.15) is 0 Å². The third kappa shape index (κ3) is 80.1. The second-order valence-corrected chi connectivity index (χ2v) is 34.7. The number of carbonyl (C=O) groups excluding carboxylic acids is 4. The number of aliphatic hydroxyl groups is 1. The molecule has 3 N–H and O–H groups in total. The Morgan fingerprint density at radius 1 is 0.255 bits per heavy atom. The number of ether oxygens (including phenoxy) is 4. The molecular weight excluding hydrogens is 1380 g/mol. The van der Waals surface area contributed by atoms with E-state index in [9.17, 15) is 43.2 Å². The van der Waals surface area contributed by atoms with Crippen molar-refractivity contribution < 1.29 is 80.2 Å². The first kappa shape index (κ1) is 104. The van der Waals surface area contributed by atoms with Crippen molar-refractivity contribution in [2.45, 2.75) is 490 Å². The number of aliphatic hydroxyl groups excluding tert-OH is 1. The molecule has 0 aromatic rings. The molecule has 0 aliphatic carbocycles. The number of unbranched alkanes of at least 4 members (excludes halogenated alkanes) is 59. The molecule has 0 saturated heterocycles. The Balaban J connectivity index is 5.24. The van der Waals surface area contributed by atoms with Gasteiger partial charge >= 0.3 is 39.5 Å². The Morgan fingerprint density at radius 3 is 0.642 bits per heavy atom. The molecule has 19 heteroatoms. The van der Waals surface area contributed by atoms with Crippen LogP contribution in [-0.2, 0) is 65.4 Å². The van der Waals surface area contributed by atoms with Crippen molar-refractivity contribution in [1.29, 1.82) is 0 Å². The smallest absolute Gasteiger partial charge is 0.462 e. The second kappa shape index (κ2) is 79.7. The zero-order valence-corrected chi connectivity index (χ0v) is 71.4. The highest BCUT2D eigenvalue weighted by Crippen LogP contribution is 2.45. The Hall–Kier alpha value is -1.94. The maximum Gasteiger partial charge on any atom is 0.472 e. The average molecular weight is 1550 g/mol. The van der Waals surface area contributed by atoms with E-state index < -0.39 is 97.5 Å². The monoisotopic (exact) mass is 1550 g/mol. The lowest BCUT2D eigenvalue weighted by molar-refractivity contribution is -0.161. The third-order valence-electron chi connectivity index (χ3n) is 20.5. The summed E-state index contributed by atoms with van der Waals surface area (Å²) in [5, 5.41) is 10.7. The molecule has 0 saturated carbocycles. The largest absolute Gasteiger partial charge is 0.472 e. The van der Waals surface area contributed by atoms with Crippen LogP contribution in [0.2, 0.25) is 0 Å². The number of hydrogen-bond acceptors (Lipinski definition) is 15. The first-order valence-corrected chi connectivity index (χ1v) is 48.1. The molecule has 0 rings (SSSR count). The van der Waals surface area contributed by atoms with Crippen molar-refractivity contribution >= 4 is 39.5 Å². The van der Waals surface area contributed by atoms with Crippen molar-refractivity contribution in [2.75, 3.05) is 39.6 Å². The Morgan fingerprint density at radius 2 is 0.434 bits per heavy atom. The zero-order chi connectivity index (χ0) is 77.6. The van der Waals surface area contributed by atoms with Gasteiger partial charge in [-0.3, -0.25) is 37.3 Å². The summed E-state index contributed by atoms with van der Waals surface area (Å²) in [6, 6.07) is 0. The lowest BCUT2D eigenvalue weighted by Crippen LogP contribution is -2.30. The SMILES string of the molecule is CCCCCCCCCCCCCCCCCCCCCCCCC(=O)O[C@H](COC(=O)CCCCCCCCCCCCCCCCCCC)COP(=O)(O)OC[C@@H](O)COP(=O)(O)OC[C@@H](COC(=O)CCCCCCCCCCCCC(C)C)OC(=O)CCCCCCCCCCCCCCCC. The van der Waals surface area contributed by atoms with Gasteiger partial charge in [0.1, 0.15) is 19.3 Å². The van der Waals surface area contributed by atoms with E-state index in [-0.39, 0.29) is 25.7 Å². The normalized spacial score (nSPS) is 13.7. The Bertz CT molecular complexity index is 2010. The van der Waals surface area contributed by atoms with Crippen LogP contribution in [0.4, 0.5) is 0 Å². The number of phosphoric acid groups is 2. The van der Waals surface area contributed by atoms with E-state index in [0.29, 0.717) is 25.7 Å². The van der Waals surface area contributed by atoms with Gasteiger partial charge < -0.3 is 33.8 Å². The number of hydrogen-bond donors (Lipinski definition) is 3. The molecule has 2 unspecified atom stereocenters. The molecule has 0 heterocycles. The van der Waals surface area contributed by atoms with Crippen LogP contribution >= 0.6 is 15.6 Å². The molecule has 630 valence electrons. The molecule has 0 aromatic carbocycles. The van der Waals surface area contributed by atoms with Crippen LogP contribution in [0.1, 0.15) is 471 Å². The number of esters is 4. The van der Waals surface area contributed by atoms with Gasteiger partial charge in [-0.1, -0.05) is 420 Å². The van der Waals surface area contributed by atoms with E-state index in [4.69, 9.17) is 37.0 Å². The van der Waals surface area contributed by atoms with Crippen molar-refractivity contribution in [3.8, 4) is 0 Å². The van der Waals surface area contributed by atoms with Crippen LogP contribution in [0.5, 0.6) is 0 Å². The van der Waals surface area contributed by atoms with E-state index >= 15 is 0 Å². The summed E-state index contributed by atoms with van der Waals surface area (Å²) in [5.41, 5.74) is 0. The van der Waals surface area contributed by atoms with Gasteiger partial charge in [-0.15, -0.1) is 0 Å². The highest BCUT2D eigenvalue weighted by atomic mass is 31.2. The number of rotatable bonds is 87. The van der Waals surface area contributed by atoms with E-state index in [1.165, 1.54) is 295 Å². The first-order chi connectivity index (χ1) is 51.5. The molecule has 0 amide bonds. The highest BCUT2D eigenvalue weighted by molar-refractivity contribution is 7.47. The first-order valence-electron chi connectivity index (χ1n) is 45.1. The average Bonchev–Trinajstić information content (AvgIpc) is 0.908. The van der Waals surface area contributed by atoms with Crippen LogP contribution in [-0.4, -0.2) is 96.7 Å². The summed E-state index contributed by atoms with van der Waals surface area (Å²) in [6.45, 7) is 7.37. The van der Waals surface area contributed by atoms with Crippen LogP contribution in [0.15, 0.2) is 0 Å². The number of phosphoric ester groups is 2. The summed E-state index contributed by atoms with van der Waals surface area (Å²) in [5.74, 6) is -1.34. The summed E-state index contributed by atoms with van der Waals surface area (Å²) in [4.78, 5) is 73.3. The van der Waals surface area contributed by atoms with Gasteiger partial charge in [0, 0.05) is 25.7 Å². The molecule has 0 aliphatic heterocycles. The van der Waals surface area contributed by atoms with Crippen molar-refractivity contribution in [3.63, 3.8) is 0 Å². The van der Waals surface area contributed by atoms with E-state index in [2.05, 4.69) is 34.6 Å². The van der Waals surface area contributed by atoms with Gasteiger partial charge in [-0.25, -0.2) is 9.13 Å². The minimum absolute atomic E-state index is 0.108. The Kier molecular flexibility index (Phi) is 78.2. The van der Waals surface area contributed by atoms with Gasteiger partial charge in [0.2, 0.25) is 0 Å². The number of carbonyl (C=O) groups is 4. The molecule has 0 aromatic heterocycles. The molecule has 0 fully saturated rings. The fourth-order valence-corrected chi connectivity index (χ4v) is 15.2. The minimum atomic E-state index is -4.97. The van der Waals surface area contributed by atoms with Crippen molar-refractivity contribution in [2.24, 2.45) is 5.92 Å². The van der Waals surface area contributed by atoms with E-state index in [1.807, 2.05) is 0 Å². The molecule has 0 aliphatic rings. The van der Waals surface area contributed by atoms with E-state index in [0.717, 1.165) is 95.8 Å². The van der Waals surface area contributed by atoms with Gasteiger partial charge in [0.05, 0.1) is 26.4 Å². The third-order valence-corrected chi connectivity index (χ3v) is 22.4. The summed E-state index contributed by atoms with van der Waals surface area (Å²) < 4.78 is 69.0. The molecule has 5 atom stereocenters. The van der Waals surface area contributed by atoms with Gasteiger partial charge in [0.15, 0.2) is 12.2 Å². The molecule has 106 heavy (non-hydrogen) atoms. The standard InChI is InChI=1S/C87H170O17P2/c1-6-9-12-15-18-21-24-27-30-32-33-34-35-36-38-40-43-46-53-58-63-68-73-87(92)103-82(76-97-84(89)70-65-60-55-50-44-42-39-37-31-28-25-22-19-16-13-10-7-2)78-101-105(93,94)99-74-81(88)75-100-106(95,96)102-79-83(77-98-85(90)71-66-61-56-51-48-47-49-54-59-64-69-80(4)5)104-86(91)72-67-62-57-52-45-41-29-26-23-20-17-14-11-8-3/h80-83,88H,6-79H2,1-5H3,(H,93,94)(H,95,96)/t81-,82-,83-/m1/s1. The fourth-order valence-electron chi connectivity index (χ4n) is 13.6. The maximum absolute atomic E-state index is 13.2. The van der Waals surface area contributed by atoms with E-state index in [1.54, 1.807) is 0 Å². The summed E-state index contributed by atoms with van der Waals surface area (Å²) in [7, 11) is -9.93. The van der Waals surface area contributed by atoms with Crippen LogP contribution < -0.4 is 0 Å². The topological polar surface area (TPSA) is 237 Å². The maximum atomic E-state index is 13.2. The van der Waals surface area contributed by atoms with Crippen molar-refractivity contribution in [1.82, 2.24) is 0 Å². The lowest BCUT2D eigenvalue weighted by Gasteiger charge is -2.21. The van der Waals surface area contributed by atoms with Crippen molar-refractivity contribution in [3.05, 3.63) is 0 Å². The van der Waals surface area contributed by atoms with Crippen LogP contribution in [0.25, 0.3) is 0 Å². The fraction of sp³-hybridized carbons (Fsp3) is 0.954. The highest BCUT2D eigenvalue weighted by Gasteiger charge is 2.30. The predicted octanol–water partition coefficient (Wildman–Crippen LogP) is 26.8. The minimum Gasteiger partial charge on any atom is -0.462 e. The molecule has 0 bridgehead atoms. The Labute approximate surface area is 651 Å². The molecule has 0 radical (unpaired) electrons. The molecule has 0 spiro atoms. The molecular formula is C87H170O17P2. The molecule has 17 nitrogen and oxygen atoms in total.